The molecule has 0 bridgehead atoms. The molecule has 2 aromatic carbocycles. The first-order valence-corrected chi connectivity index (χ1v) is 9.41. The Labute approximate surface area is 141 Å². The highest BCUT2D eigenvalue weighted by atomic mass is 32.2. The highest BCUT2D eigenvalue weighted by Gasteiger charge is 2.31. The molecule has 0 radical (unpaired) electrons. The van der Waals surface area contributed by atoms with Gasteiger partial charge in [0.1, 0.15) is 0 Å². The van der Waals surface area contributed by atoms with Crippen LogP contribution in [0.3, 0.4) is 0 Å². The number of hydrogen-bond donors (Lipinski definition) is 1. The molecule has 0 saturated heterocycles. The third-order valence-electron chi connectivity index (χ3n) is 4.49. The van der Waals surface area contributed by atoms with Crippen molar-refractivity contribution in [2.75, 3.05) is 0 Å². The second-order valence-corrected chi connectivity index (χ2v) is 9.30. The molecular formula is C20H25NOS. The lowest BCUT2D eigenvalue weighted by atomic mass is 9.78. The maximum Gasteiger partial charge on any atom is 0.0975 e. The van der Waals surface area contributed by atoms with Crippen LogP contribution >= 0.6 is 0 Å². The Balaban J connectivity index is 1.90. The van der Waals surface area contributed by atoms with E-state index in [9.17, 15) is 4.21 Å². The summed E-state index contributed by atoms with van der Waals surface area (Å²) in [6, 6.07) is 19.4. The van der Waals surface area contributed by atoms with Crippen LogP contribution in [0.2, 0.25) is 0 Å². The van der Waals surface area contributed by atoms with Gasteiger partial charge in [-0.15, -0.1) is 0 Å². The summed E-state index contributed by atoms with van der Waals surface area (Å²) >= 11 is 0. The van der Waals surface area contributed by atoms with Crippen molar-refractivity contribution < 1.29 is 4.21 Å². The zero-order chi connectivity index (χ0) is 16.4. The molecular weight excluding hydrogens is 302 g/mol. The van der Waals surface area contributed by atoms with Crippen LogP contribution in [0.15, 0.2) is 54.6 Å². The normalized spacial score (nSPS) is 22.4. The fraction of sp³-hybridized carbons (Fsp3) is 0.400. The van der Waals surface area contributed by atoms with Gasteiger partial charge in [0, 0.05) is 6.04 Å². The first-order valence-electron chi connectivity index (χ1n) is 8.26. The lowest BCUT2D eigenvalue weighted by Gasteiger charge is -2.33. The number of nitrogens with one attached hydrogen (secondary N) is 1. The topological polar surface area (TPSA) is 29.1 Å². The summed E-state index contributed by atoms with van der Waals surface area (Å²) in [4.78, 5) is 0. The van der Waals surface area contributed by atoms with Gasteiger partial charge in [0.2, 0.25) is 0 Å². The zero-order valence-electron chi connectivity index (χ0n) is 14.1. The van der Waals surface area contributed by atoms with E-state index in [0.29, 0.717) is 5.92 Å². The summed E-state index contributed by atoms with van der Waals surface area (Å²) in [7, 11) is -1.06. The largest absolute Gasteiger partial charge is 0.242 e. The highest BCUT2D eigenvalue weighted by molar-refractivity contribution is 7.84. The van der Waals surface area contributed by atoms with Crippen LogP contribution in [0.25, 0.3) is 0 Å². The Kier molecular flexibility index (Phi) is 4.69. The Hall–Kier alpha value is -1.45. The molecule has 122 valence electrons. The van der Waals surface area contributed by atoms with E-state index in [4.69, 9.17) is 0 Å². The second-order valence-electron chi connectivity index (χ2n) is 7.30. The van der Waals surface area contributed by atoms with E-state index in [0.717, 1.165) is 12.8 Å². The Bertz CT molecular complexity index is 690. The van der Waals surface area contributed by atoms with Crippen molar-refractivity contribution in [3.8, 4) is 0 Å². The molecule has 1 aliphatic rings. The molecule has 0 aromatic heterocycles. The Morgan fingerprint density at radius 3 is 2.35 bits per heavy atom. The van der Waals surface area contributed by atoms with Crippen LogP contribution in [0.5, 0.6) is 0 Å². The summed E-state index contributed by atoms with van der Waals surface area (Å²) in [5.41, 5.74) is 4.05. The molecule has 3 rings (SSSR count). The summed E-state index contributed by atoms with van der Waals surface area (Å²) in [5, 5.41) is 0. The molecule has 0 aliphatic heterocycles. The lowest BCUT2D eigenvalue weighted by Crippen LogP contribution is -2.38. The van der Waals surface area contributed by atoms with Crippen molar-refractivity contribution in [2.45, 2.75) is 50.3 Å². The number of rotatable bonds is 3. The molecule has 0 fully saturated rings. The van der Waals surface area contributed by atoms with Crippen LogP contribution in [-0.2, 0) is 17.4 Å². The smallest absolute Gasteiger partial charge is 0.0975 e. The molecule has 0 heterocycles. The summed E-state index contributed by atoms with van der Waals surface area (Å²) in [6.45, 7) is 6.04. The van der Waals surface area contributed by atoms with E-state index in [1.807, 2.05) is 20.8 Å². The van der Waals surface area contributed by atoms with Gasteiger partial charge < -0.3 is 0 Å². The van der Waals surface area contributed by atoms with E-state index in [2.05, 4.69) is 59.3 Å². The zero-order valence-corrected chi connectivity index (χ0v) is 14.9. The second kappa shape index (κ2) is 6.58. The number of fused-ring (bicyclic) bond motifs is 1. The standard InChI is InChI=1S/C20H25NOS/c1-20(2,3)23(22)21-19-14-17(15-9-5-4-6-10-15)13-16-11-7-8-12-18(16)19/h4-12,17,19,21H,13-14H2,1-3H3/t17-,19-,23-/m1/s1. The van der Waals surface area contributed by atoms with Gasteiger partial charge in [-0.3, -0.25) is 0 Å². The van der Waals surface area contributed by atoms with Gasteiger partial charge in [0.15, 0.2) is 0 Å². The summed E-state index contributed by atoms with van der Waals surface area (Å²) in [6.07, 6.45) is 2.05. The molecule has 3 atom stereocenters. The van der Waals surface area contributed by atoms with Crippen molar-refractivity contribution in [2.24, 2.45) is 0 Å². The molecule has 0 amide bonds. The molecule has 2 nitrogen and oxygen atoms in total. The third kappa shape index (κ3) is 3.73. The van der Waals surface area contributed by atoms with Gasteiger partial charge in [-0.05, 0) is 56.2 Å². The van der Waals surface area contributed by atoms with E-state index >= 15 is 0 Å². The molecule has 0 unspecified atom stereocenters. The van der Waals surface area contributed by atoms with Crippen LogP contribution in [0.4, 0.5) is 0 Å². The SMILES string of the molecule is CC(C)(C)[S@@](=O)N[C@@H]1C[C@H](c2ccccc2)Cc2ccccc21. The first-order chi connectivity index (χ1) is 10.9. The van der Waals surface area contributed by atoms with Crippen molar-refractivity contribution in [1.29, 1.82) is 0 Å². The van der Waals surface area contributed by atoms with E-state index in [-0.39, 0.29) is 10.8 Å². The summed E-state index contributed by atoms with van der Waals surface area (Å²) in [5.74, 6) is 0.473. The predicted octanol–water partition coefficient (Wildman–Crippen LogP) is 4.51. The van der Waals surface area contributed by atoms with Gasteiger partial charge in [-0.25, -0.2) is 8.93 Å². The van der Waals surface area contributed by atoms with Gasteiger partial charge in [0.25, 0.3) is 0 Å². The summed E-state index contributed by atoms with van der Waals surface area (Å²) < 4.78 is 15.7. The molecule has 23 heavy (non-hydrogen) atoms. The van der Waals surface area contributed by atoms with E-state index < -0.39 is 11.0 Å². The molecule has 1 N–H and O–H groups in total. The van der Waals surface area contributed by atoms with Gasteiger partial charge in [0.05, 0.1) is 15.7 Å². The number of benzene rings is 2. The Morgan fingerprint density at radius 2 is 1.65 bits per heavy atom. The van der Waals surface area contributed by atoms with Gasteiger partial charge in [-0.2, -0.15) is 0 Å². The van der Waals surface area contributed by atoms with Gasteiger partial charge in [-0.1, -0.05) is 54.6 Å². The number of hydrogen-bond acceptors (Lipinski definition) is 1. The fourth-order valence-corrected chi connectivity index (χ4v) is 4.05. The van der Waals surface area contributed by atoms with E-state index in [1.165, 1.54) is 16.7 Å². The van der Waals surface area contributed by atoms with Crippen molar-refractivity contribution >= 4 is 11.0 Å². The van der Waals surface area contributed by atoms with Gasteiger partial charge >= 0.3 is 0 Å². The highest BCUT2D eigenvalue weighted by Crippen LogP contribution is 2.39. The molecule has 0 saturated carbocycles. The Morgan fingerprint density at radius 1 is 1.00 bits per heavy atom. The van der Waals surface area contributed by atoms with Crippen molar-refractivity contribution in [3.05, 3.63) is 71.3 Å². The maximum absolute atomic E-state index is 12.6. The minimum Gasteiger partial charge on any atom is -0.242 e. The average Bonchev–Trinajstić information content (AvgIpc) is 2.54. The van der Waals surface area contributed by atoms with Crippen molar-refractivity contribution in [1.82, 2.24) is 4.72 Å². The molecule has 2 aromatic rings. The quantitative estimate of drug-likeness (QED) is 0.883. The molecule has 3 heteroatoms. The molecule has 1 aliphatic carbocycles. The van der Waals surface area contributed by atoms with Crippen LogP contribution in [-0.4, -0.2) is 8.96 Å². The maximum atomic E-state index is 12.6. The predicted molar refractivity (Wildman–Crippen MR) is 97.7 cm³/mol. The lowest BCUT2D eigenvalue weighted by molar-refractivity contribution is 0.473. The van der Waals surface area contributed by atoms with Crippen molar-refractivity contribution in [3.63, 3.8) is 0 Å². The minimum atomic E-state index is -1.06. The first kappa shape index (κ1) is 16.4. The van der Waals surface area contributed by atoms with E-state index in [1.54, 1.807) is 0 Å². The fourth-order valence-electron chi connectivity index (χ4n) is 3.22. The van der Waals surface area contributed by atoms with Crippen LogP contribution in [0.1, 0.15) is 55.8 Å². The monoisotopic (exact) mass is 327 g/mol. The van der Waals surface area contributed by atoms with Crippen LogP contribution < -0.4 is 4.72 Å². The molecule has 0 spiro atoms. The average molecular weight is 327 g/mol. The third-order valence-corrected chi connectivity index (χ3v) is 6.10. The van der Waals surface area contributed by atoms with Crippen LogP contribution in [0, 0.1) is 0 Å². The minimum absolute atomic E-state index is 0.144.